The number of benzene rings is 10. The Hall–Kier alpha value is -9.39. The van der Waals surface area contributed by atoms with Gasteiger partial charge in [0.1, 0.15) is 0 Å². The van der Waals surface area contributed by atoms with E-state index < -0.39 is 0 Å². The molecule has 0 fully saturated rings. The number of nitrogens with zero attached hydrogens (tertiary/aromatic N) is 6. The minimum Gasteiger partial charge on any atom is -0.309 e. The van der Waals surface area contributed by atoms with Crippen molar-refractivity contribution in [2.24, 2.45) is 0 Å². The summed E-state index contributed by atoms with van der Waals surface area (Å²) in [4.78, 5) is 16.5. The van der Waals surface area contributed by atoms with E-state index in [0.717, 1.165) is 110 Å². The van der Waals surface area contributed by atoms with Gasteiger partial charge in [-0.2, -0.15) is 9.97 Å². The first-order valence-corrected chi connectivity index (χ1v) is 23.4. The van der Waals surface area contributed by atoms with E-state index in [1.165, 1.54) is 0 Å². The maximum atomic E-state index is 5.62. The molecule has 0 atom stereocenters. The molecule has 0 aliphatic rings. The standard InChI is InChI=1S/C63H40N6/c1-5-20-41(21-6-1)44-36-37-46(42-22-7-2-8-23-42)57(40-44)68-53-32-16-13-28-47(53)49-38-39-50-48-29-14-17-33-54(48)69(60(50)59(49)68)63-65-61(43-24-9-3-10-25-43)64-62(66-63)52-31-19-35-56-58(52)51-30-15-18-34-55(51)67(56)45-26-11-4-12-27-45/h1-40H. The first-order valence-electron chi connectivity index (χ1n) is 23.4. The van der Waals surface area contributed by atoms with Crippen LogP contribution >= 0.6 is 0 Å². The third-order valence-corrected chi connectivity index (χ3v) is 13.7. The summed E-state index contributed by atoms with van der Waals surface area (Å²) in [5, 5.41) is 6.75. The van der Waals surface area contributed by atoms with Crippen LogP contribution in [0, 0.1) is 0 Å². The summed E-state index contributed by atoms with van der Waals surface area (Å²) in [6.45, 7) is 0. The van der Waals surface area contributed by atoms with Crippen molar-refractivity contribution in [2.75, 3.05) is 0 Å². The van der Waals surface area contributed by atoms with Crippen molar-refractivity contribution in [1.82, 2.24) is 28.7 Å². The molecule has 10 aromatic carbocycles. The zero-order valence-corrected chi connectivity index (χ0v) is 37.3. The topological polar surface area (TPSA) is 53.5 Å². The highest BCUT2D eigenvalue weighted by Crippen LogP contribution is 2.45. The summed E-state index contributed by atoms with van der Waals surface area (Å²) in [7, 11) is 0. The van der Waals surface area contributed by atoms with Crippen molar-refractivity contribution in [2.45, 2.75) is 0 Å². The SMILES string of the molecule is c1ccc(-c2ccc(-c3ccccc3)c(-n3c4ccccc4c4ccc5c6ccccc6n(-c6nc(-c7ccccc7)nc(-c7cccc8c7c7ccccc7n8-c7ccccc7)n6)c5c43)c2)cc1. The zero-order valence-electron chi connectivity index (χ0n) is 37.3. The van der Waals surface area contributed by atoms with Crippen LogP contribution in [0.25, 0.3) is 128 Å². The molecule has 0 spiro atoms. The number of fused-ring (bicyclic) bond motifs is 10. The molecule has 0 saturated heterocycles. The fraction of sp³-hybridized carbons (Fsp3) is 0. The highest BCUT2D eigenvalue weighted by atomic mass is 15.2. The third-order valence-electron chi connectivity index (χ3n) is 13.7. The summed E-state index contributed by atoms with van der Waals surface area (Å²) in [5.41, 5.74) is 15.0. The lowest BCUT2D eigenvalue weighted by Gasteiger charge is -2.17. The van der Waals surface area contributed by atoms with Crippen molar-refractivity contribution < 1.29 is 0 Å². The number of aromatic nitrogens is 6. The molecule has 0 amide bonds. The first-order chi connectivity index (χ1) is 34.3. The van der Waals surface area contributed by atoms with Gasteiger partial charge in [-0.05, 0) is 59.2 Å². The van der Waals surface area contributed by atoms with Crippen molar-refractivity contribution >= 4 is 65.4 Å². The quantitative estimate of drug-likeness (QED) is 0.160. The second-order valence-electron chi connectivity index (χ2n) is 17.6. The predicted octanol–water partition coefficient (Wildman–Crippen LogP) is 15.8. The van der Waals surface area contributed by atoms with Gasteiger partial charge in [0.15, 0.2) is 11.6 Å². The fourth-order valence-corrected chi connectivity index (χ4v) is 10.7. The molecule has 6 nitrogen and oxygen atoms in total. The van der Waals surface area contributed by atoms with Gasteiger partial charge in [0.25, 0.3) is 0 Å². The van der Waals surface area contributed by atoms with E-state index in [2.05, 4.69) is 238 Å². The van der Waals surface area contributed by atoms with E-state index in [1.54, 1.807) is 0 Å². The maximum absolute atomic E-state index is 5.62. The predicted molar refractivity (Wildman–Crippen MR) is 285 cm³/mol. The van der Waals surface area contributed by atoms with Gasteiger partial charge in [0.05, 0.1) is 38.8 Å². The lowest BCUT2D eigenvalue weighted by Crippen LogP contribution is -2.07. The monoisotopic (exact) mass is 880 g/mol. The molecule has 14 rings (SSSR count). The van der Waals surface area contributed by atoms with Crippen LogP contribution in [-0.4, -0.2) is 28.7 Å². The number of hydrogen-bond donors (Lipinski definition) is 0. The van der Waals surface area contributed by atoms with Crippen molar-refractivity contribution in [1.29, 1.82) is 0 Å². The van der Waals surface area contributed by atoms with Crippen LogP contribution in [0.15, 0.2) is 243 Å². The smallest absolute Gasteiger partial charge is 0.238 e. The minimum absolute atomic E-state index is 0.541. The van der Waals surface area contributed by atoms with Gasteiger partial charge in [0, 0.05) is 54.7 Å². The molecule has 0 aliphatic heterocycles. The van der Waals surface area contributed by atoms with E-state index in [9.17, 15) is 0 Å². The number of para-hydroxylation sites is 4. The lowest BCUT2D eigenvalue weighted by atomic mass is 9.98. The molecule has 4 heterocycles. The second kappa shape index (κ2) is 15.6. The molecule has 4 aromatic heterocycles. The van der Waals surface area contributed by atoms with E-state index in [4.69, 9.17) is 15.0 Å². The van der Waals surface area contributed by atoms with Crippen LogP contribution in [0.4, 0.5) is 0 Å². The Bertz CT molecular complexity index is 4280. The van der Waals surface area contributed by atoms with Crippen molar-refractivity contribution in [3.05, 3.63) is 243 Å². The van der Waals surface area contributed by atoms with Crippen LogP contribution in [-0.2, 0) is 0 Å². The third kappa shape index (κ3) is 6.09. The molecule has 322 valence electrons. The Kier molecular flexibility index (Phi) is 8.79. The van der Waals surface area contributed by atoms with Gasteiger partial charge in [-0.3, -0.25) is 4.57 Å². The molecule has 0 saturated carbocycles. The maximum Gasteiger partial charge on any atom is 0.238 e. The molecule has 6 heteroatoms. The number of hydrogen-bond acceptors (Lipinski definition) is 3. The largest absolute Gasteiger partial charge is 0.309 e. The van der Waals surface area contributed by atoms with E-state index in [-0.39, 0.29) is 0 Å². The number of rotatable bonds is 7. The van der Waals surface area contributed by atoms with Gasteiger partial charge in [-0.15, -0.1) is 0 Å². The average Bonchev–Trinajstić information content (AvgIpc) is 4.08. The zero-order chi connectivity index (χ0) is 45.4. The van der Waals surface area contributed by atoms with Crippen LogP contribution in [0.5, 0.6) is 0 Å². The van der Waals surface area contributed by atoms with E-state index in [1.807, 2.05) is 18.2 Å². The van der Waals surface area contributed by atoms with Crippen molar-refractivity contribution in [3.8, 4) is 62.4 Å². The van der Waals surface area contributed by atoms with Crippen molar-refractivity contribution in [3.63, 3.8) is 0 Å². The summed E-state index contributed by atoms with van der Waals surface area (Å²) in [6.07, 6.45) is 0. The average molecular weight is 881 g/mol. The van der Waals surface area contributed by atoms with Gasteiger partial charge in [-0.25, -0.2) is 4.98 Å². The Morgan fingerprint density at radius 3 is 1.45 bits per heavy atom. The Balaban J connectivity index is 1.12. The highest BCUT2D eigenvalue weighted by molar-refractivity contribution is 6.24. The Morgan fingerprint density at radius 2 is 0.783 bits per heavy atom. The van der Waals surface area contributed by atoms with E-state index >= 15 is 0 Å². The molecule has 0 N–H and O–H groups in total. The van der Waals surface area contributed by atoms with Gasteiger partial charge in [-0.1, -0.05) is 200 Å². The molecule has 0 radical (unpaired) electrons. The Labute approximate surface area is 397 Å². The van der Waals surface area contributed by atoms with Gasteiger partial charge < -0.3 is 9.13 Å². The molecule has 0 bridgehead atoms. The molecule has 0 unspecified atom stereocenters. The molecule has 69 heavy (non-hydrogen) atoms. The van der Waals surface area contributed by atoms with Crippen LogP contribution in [0.1, 0.15) is 0 Å². The summed E-state index contributed by atoms with van der Waals surface area (Å²) < 4.78 is 7.11. The molecule has 0 aliphatic carbocycles. The normalized spacial score (nSPS) is 11.8. The summed E-state index contributed by atoms with van der Waals surface area (Å²) in [5.74, 6) is 1.74. The lowest BCUT2D eigenvalue weighted by molar-refractivity contribution is 0.954. The van der Waals surface area contributed by atoms with E-state index in [0.29, 0.717) is 17.6 Å². The summed E-state index contributed by atoms with van der Waals surface area (Å²) in [6, 6.07) is 86.3. The molecule has 14 aromatic rings. The highest BCUT2D eigenvalue weighted by Gasteiger charge is 2.26. The first kappa shape index (κ1) is 38.8. The van der Waals surface area contributed by atoms with Crippen LogP contribution < -0.4 is 0 Å². The minimum atomic E-state index is 0.541. The van der Waals surface area contributed by atoms with Crippen LogP contribution in [0.3, 0.4) is 0 Å². The van der Waals surface area contributed by atoms with Gasteiger partial charge in [0.2, 0.25) is 5.95 Å². The molecular formula is C63H40N6. The second-order valence-corrected chi connectivity index (χ2v) is 17.6. The fourth-order valence-electron chi connectivity index (χ4n) is 10.7. The Morgan fingerprint density at radius 1 is 0.275 bits per heavy atom. The van der Waals surface area contributed by atoms with Gasteiger partial charge >= 0.3 is 0 Å². The summed E-state index contributed by atoms with van der Waals surface area (Å²) >= 11 is 0. The van der Waals surface area contributed by atoms with Crippen LogP contribution in [0.2, 0.25) is 0 Å². The molecular weight excluding hydrogens is 841 g/mol.